The van der Waals surface area contributed by atoms with E-state index >= 15 is 0 Å². The number of fused-ring (bicyclic) bond motifs is 1. The molecule has 0 atom stereocenters. The zero-order valence-corrected chi connectivity index (χ0v) is 23.1. The summed E-state index contributed by atoms with van der Waals surface area (Å²) in [4.78, 5) is 39.9. The summed E-state index contributed by atoms with van der Waals surface area (Å²) in [7, 11) is 0. The highest BCUT2D eigenvalue weighted by atomic mass is 79.9. The summed E-state index contributed by atoms with van der Waals surface area (Å²) in [6, 6.07) is 13.8. The molecule has 0 radical (unpaired) electrons. The van der Waals surface area contributed by atoms with E-state index in [-0.39, 0.29) is 45.1 Å². The Labute approximate surface area is 233 Å². The number of carbonyl (C=O) groups is 2. The first-order valence-electron chi connectivity index (χ1n) is 11.3. The second-order valence-corrected chi connectivity index (χ2v) is 10.2. The van der Waals surface area contributed by atoms with Crippen LogP contribution in [0.2, 0.25) is 5.02 Å². The molecule has 0 fully saturated rings. The summed E-state index contributed by atoms with van der Waals surface area (Å²) < 4.78 is 12.4. The number of anilines is 1. The number of ether oxygens (including phenoxy) is 1. The number of hydrogen-bond acceptors (Lipinski definition) is 8. The lowest BCUT2D eigenvalue weighted by molar-refractivity contribution is 0.0520. The molecule has 0 aliphatic carbocycles. The van der Waals surface area contributed by atoms with Crippen molar-refractivity contribution in [2.75, 3.05) is 11.9 Å². The quantitative estimate of drug-likeness (QED) is 0.225. The minimum absolute atomic E-state index is 0.0426. The van der Waals surface area contributed by atoms with Crippen LogP contribution in [0.25, 0.3) is 27.7 Å². The van der Waals surface area contributed by atoms with Crippen molar-refractivity contribution in [1.82, 2.24) is 14.9 Å². The van der Waals surface area contributed by atoms with Crippen molar-refractivity contribution in [3.63, 3.8) is 0 Å². The fourth-order valence-electron chi connectivity index (χ4n) is 3.89. The van der Waals surface area contributed by atoms with Gasteiger partial charge in [-0.2, -0.15) is 9.78 Å². The minimum atomic E-state index is -0.685. The predicted octanol–water partition coefficient (Wildman–Crippen LogP) is 6.26. The molecule has 3 aromatic heterocycles. The molecule has 5 aromatic rings. The number of carbonyl (C=O) groups excluding carboxylic acids is 2. The van der Waals surface area contributed by atoms with Gasteiger partial charge in [0.25, 0.3) is 11.5 Å². The van der Waals surface area contributed by atoms with Crippen LogP contribution in [0.3, 0.4) is 0 Å². The van der Waals surface area contributed by atoms with Crippen LogP contribution < -0.4 is 10.9 Å². The summed E-state index contributed by atoms with van der Waals surface area (Å²) in [6.45, 7) is 3.42. The largest absolute Gasteiger partial charge is 0.461 e. The Kier molecular flexibility index (Phi) is 7.15. The highest BCUT2D eigenvalue weighted by Gasteiger charge is 2.27. The van der Waals surface area contributed by atoms with E-state index in [4.69, 9.17) is 20.9 Å². The van der Waals surface area contributed by atoms with Crippen molar-refractivity contribution >= 4 is 66.5 Å². The maximum Gasteiger partial charge on any atom is 0.359 e. The van der Waals surface area contributed by atoms with Gasteiger partial charge < -0.3 is 14.6 Å². The van der Waals surface area contributed by atoms with Gasteiger partial charge in [0.2, 0.25) is 0 Å². The second-order valence-electron chi connectivity index (χ2n) is 8.01. The molecule has 0 unspecified atom stereocenters. The smallest absolute Gasteiger partial charge is 0.359 e. The molecule has 3 heterocycles. The SMILES string of the molecule is CCOC(=O)c1nn(-c2ccc(Br)cc2)c(=O)c2c(NC(=O)c3c(-c4ccccc4Cl)noc3C)scc12. The van der Waals surface area contributed by atoms with Crippen LogP contribution in [-0.4, -0.2) is 33.4 Å². The monoisotopic (exact) mass is 612 g/mol. The topological polar surface area (TPSA) is 116 Å². The Bertz CT molecular complexity index is 1760. The number of esters is 1. The van der Waals surface area contributed by atoms with Gasteiger partial charge >= 0.3 is 5.97 Å². The lowest BCUT2D eigenvalue weighted by Crippen LogP contribution is -2.25. The van der Waals surface area contributed by atoms with Gasteiger partial charge in [0.05, 0.1) is 22.7 Å². The first-order chi connectivity index (χ1) is 18.3. The van der Waals surface area contributed by atoms with Crippen molar-refractivity contribution in [2.45, 2.75) is 13.8 Å². The molecule has 1 amide bonds. The van der Waals surface area contributed by atoms with Gasteiger partial charge in [-0.05, 0) is 44.2 Å². The van der Waals surface area contributed by atoms with E-state index in [9.17, 15) is 14.4 Å². The summed E-state index contributed by atoms with van der Waals surface area (Å²) >= 11 is 10.8. The molecule has 38 heavy (non-hydrogen) atoms. The zero-order chi connectivity index (χ0) is 27.0. The second kappa shape index (κ2) is 10.5. The van der Waals surface area contributed by atoms with Crippen LogP contribution in [0, 0.1) is 6.92 Å². The molecule has 1 N–H and O–H groups in total. The van der Waals surface area contributed by atoms with Crippen molar-refractivity contribution < 1.29 is 18.8 Å². The van der Waals surface area contributed by atoms with Gasteiger partial charge in [0.1, 0.15) is 22.0 Å². The fraction of sp³-hybridized carbons (Fsp3) is 0.115. The zero-order valence-electron chi connectivity index (χ0n) is 20.0. The molecule has 2 aromatic carbocycles. The summed E-state index contributed by atoms with van der Waals surface area (Å²) in [5.41, 5.74) is 0.850. The molecule has 0 saturated heterocycles. The Hall–Kier alpha value is -3.80. The minimum Gasteiger partial charge on any atom is -0.461 e. The Morgan fingerprint density at radius 1 is 1.18 bits per heavy atom. The first kappa shape index (κ1) is 25.8. The molecule has 9 nitrogen and oxygen atoms in total. The number of halogens is 2. The number of hydrogen-bond donors (Lipinski definition) is 1. The van der Waals surface area contributed by atoms with Crippen molar-refractivity contribution in [3.8, 4) is 16.9 Å². The van der Waals surface area contributed by atoms with E-state index in [0.717, 1.165) is 20.5 Å². The first-order valence-corrected chi connectivity index (χ1v) is 13.3. The number of benzene rings is 2. The van der Waals surface area contributed by atoms with Gasteiger partial charge in [0.15, 0.2) is 5.69 Å². The maximum absolute atomic E-state index is 13.6. The van der Waals surface area contributed by atoms with E-state index in [1.165, 1.54) is 0 Å². The number of thiophene rings is 1. The van der Waals surface area contributed by atoms with E-state index in [0.29, 0.717) is 16.3 Å². The van der Waals surface area contributed by atoms with Crippen LogP contribution in [0.15, 0.2) is 67.7 Å². The van der Waals surface area contributed by atoms with Crippen LogP contribution in [0.1, 0.15) is 33.5 Å². The van der Waals surface area contributed by atoms with Crippen LogP contribution in [0.4, 0.5) is 5.00 Å². The normalized spacial score (nSPS) is 11.1. The van der Waals surface area contributed by atoms with Crippen molar-refractivity contribution in [1.29, 1.82) is 0 Å². The molecular weight excluding hydrogens is 596 g/mol. The van der Waals surface area contributed by atoms with Crippen LogP contribution in [0.5, 0.6) is 0 Å². The Morgan fingerprint density at radius 3 is 2.63 bits per heavy atom. The Balaban J connectivity index is 1.64. The predicted molar refractivity (Wildman–Crippen MR) is 149 cm³/mol. The molecule has 192 valence electrons. The standard InChI is InChI=1S/C26H18BrClN4O5S/c1-3-36-26(35)22-17-12-38-24(20(17)25(34)32(30-22)15-10-8-14(27)9-11-15)29-23(33)19-13(2)37-31-21(19)16-6-4-5-7-18(16)28/h4-12H,3H2,1-2H3,(H,29,33). The van der Waals surface area contributed by atoms with E-state index < -0.39 is 17.4 Å². The molecule has 5 rings (SSSR count). The third kappa shape index (κ3) is 4.64. The number of aryl methyl sites for hydroxylation is 1. The van der Waals surface area contributed by atoms with E-state index in [2.05, 4.69) is 31.5 Å². The van der Waals surface area contributed by atoms with Crippen molar-refractivity contribution in [3.05, 3.63) is 90.8 Å². The number of nitrogens with one attached hydrogen (secondary N) is 1. The number of nitrogens with zero attached hydrogens (tertiary/aromatic N) is 3. The number of aromatic nitrogens is 3. The van der Waals surface area contributed by atoms with Gasteiger partial charge in [0, 0.05) is 20.8 Å². The molecule has 12 heteroatoms. The highest BCUT2D eigenvalue weighted by molar-refractivity contribution is 9.10. The lowest BCUT2D eigenvalue weighted by Gasteiger charge is -2.10. The summed E-state index contributed by atoms with van der Waals surface area (Å²) in [6.07, 6.45) is 0. The van der Waals surface area contributed by atoms with Crippen LogP contribution >= 0.6 is 38.9 Å². The average molecular weight is 614 g/mol. The summed E-state index contributed by atoms with van der Waals surface area (Å²) in [5.74, 6) is -0.958. The molecular formula is C26H18BrClN4O5S. The van der Waals surface area contributed by atoms with Gasteiger partial charge in [-0.25, -0.2) is 4.79 Å². The van der Waals surface area contributed by atoms with Crippen molar-refractivity contribution in [2.24, 2.45) is 0 Å². The summed E-state index contributed by atoms with van der Waals surface area (Å²) in [5, 5.41) is 13.8. The van der Waals surface area contributed by atoms with Crippen LogP contribution in [-0.2, 0) is 4.74 Å². The van der Waals surface area contributed by atoms with Gasteiger partial charge in [-0.3, -0.25) is 9.59 Å². The molecule has 0 saturated carbocycles. The third-order valence-corrected chi connectivity index (χ3v) is 7.39. The average Bonchev–Trinajstić information content (AvgIpc) is 3.49. The molecule has 0 bridgehead atoms. The van der Waals surface area contributed by atoms with E-state index in [1.54, 1.807) is 67.8 Å². The third-order valence-electron chi connectivity index (χ3n) is 5.64. The molecule has 0 aliphatic heterocycles. The fourth-order valence-corrected chi connectivity index (χ4v) is 5.31. The lowest BCUT2D eigenvalue weighted by atomic mass is 10.1. The maximum atomic E-state index is 13.6. The highest BCUT2D eigenvalue weighted by Crippen LogP contribution is 2.34. The molecule has 0 spiro atoms. The molecule has 0 aliphatic rings. The van der Waals surface area contributed by atoms with E-state index in [1.807, 2.05) is 0 Å². The number of amides is 1. The number of rotatable bonds is 6. The Morgan fingerprint density at radius 2 is 1.92 bits per heavy atom. The van der Waals surface area contributed by atoms with Gasteiger partial charge in [-0.1, -0.05) is 50.9 Å². The van der Waals surface area contributed by atoms with Gasteiger partial charge in [-0.15, -0.1) is 11.3 Å².